The van der Waals surface area contributed by atoms with Gasteiger partial charge in [0.25, 0.3) is 0 Å². The summed E-state index contributed by atoms with van der Waals surface area (Å²) in [6, 6.07) is 4.79. The molecule has 0 heterocycles. The number of methoxy groups -OCH3 is 1. The first-order valence-corrected chi connectivity index (χ1v) is 7.90. The summed E-state index contributed by atoms with van der Waals surface area (Å²) in [5.74, 6) is 5.81. The molecule has 1 rings (SSSR count). The molecule has 0 aliphatic heterocycles. The SMILES string of the molecule is CCCCNS(=O)(=O)c1cc(C#CCN)ccc1OC. The van der Waals surface area contributed by atoms with E-state index in [9.17, 15) is 8.42 Å². The molecular formula is C14H20N2O3S. The van der Waals surface area contributed by atoms with Gasteiger partial charge in [0.2, 0.25) is 10.0 Å². The van der Waals surface area contributed by atoms with Gasteiger partial charge >= 0.3 is 0 Å². The fraction of sp³-hybridized carbons (Fsp3) is 0.429. The van der Waals surface area contributed by atoms with Crippen molar-refractivity contribution in [3.05, 3.63) is 23.8 Å². The highest BCUT2D eigenvalue weighted by atomic mass is 32.2. The predicted octanol–water partition coefficient (Wildman–Crippen LogP) is 1.08. The zero-order valence-corrected chi connectivity index (χ0v) is 12.6. The third kappa shape index (κ3) is 4.53. The smallest absolute Gasteiger partial charge is 0.244 e. The predicted molar refractivity (Wildman–Crippen MR) is 79.0 cm³/mol. The molecule has 20 heavy (non-hydrogen) atoms. The Morgan fingerprint density at radius 2 is 2.15 bits per heavy atom. The Kier molecular flexibility index (Phi) is 6.52. The average molecular weight is 296 g/mol. The van der Waals surface area contributed by atoms with E-state index in [1.165, 1.54) is 13.2 Å². The van der Waals surface area contributed by atoms with Crippen LogP contribution in [0.2, 0.25) is 0 Å². The van der Waals surface area contributed by atoms with Crippen molar-refractivity contribution in [2.24, 2.45) is 5.73 Å². The van der Waals surface area contributed by atoms with Crippen LogP contribution in [0.4, 0.5) is 0 Å². The first kappa shape index (κ1) is 16.5. The molecule has 0 spiro atoms. The lowest BCUT2D eigenvalue weighted by molar-refractivity contribution is 0.402. The van der Waals surface area contributed by atoms with Crippen LogP contribution < -0.4 is 15.2 Å². The number of hydrogen-bond donors (Lipinski definition) is 2. The van der Waals surface area contributed by atoms with Crippen LogP contribution in [0.15, 0.2) is 23.1 Å². The topological polar surface area (TPSA) is 81.4 Å². The molecule has 0 atom stereocenters. The van der Waals surface area contributed by atoms with Crippen molar-refractivity contribution in [3.63, 3.8) is 0 Å². The first-order valence-electron chi connectivity index (χ1n) is 6.41. The van der Waals surface area contributed by atoms with E-state index in [2.05, 4.69) is 16.6 Å². The van der Waals surface area contributed by atoms with Gasteiger partial charge in [-0.3, -0.25) is 0 Å². The van der Waals surface area contributed by atoms with Crippen LogP contribution in [-0.2, 0) is 10.0 Å². The number of nitrogens with two attached hydrogens (primary N) is 1. The molecule has 0 aliphatic carbocycles. The Hall–Kier alpha value is -1.55. The molecule has 0 saturated heterocycles. The molecule has 3 N–H and O–H groups in total. The first-order chi connectivity index (χ1) is 9.55. The van der Waals surface area contributed by atoms with Gasteiger partial charge in [-0.15, -0.1) is 0 Å². The molecule has 0 fully saturated rings. The summed E-state index contributed by atoms with van der Waals surface area (Å²) < 4.78 is 32.2. The lowest BCUT2D eigenvalue weighted by atomic mass is 10.2. The minimum Gasteiger partial charge on any atom is -0.495 e. The van der Waals surface area contributed by atoms with Crippen LogP contribution in [0, 0.1) is 11.8 Å². The molecule has 5 nitrogen and oxygen atoms in total. The third-order valence-corrected chi connectivity index (χ3v) is 4.09. The van der Waals surface area contributed by atoms with Crippen LogP contribution >= 0.6 is 0 Å². The second-order valence-corrected chi connectivity index (χ2v) is 5.86. The molecule has 1 aromatic carbocycles. The Labute approximate surface area is 120 Å². The number of sulfonamides is 1. The normalized spacial score (nSPS) is 10.8. The highest BCUT2D eigenvalue weighted by Gasteiger charge is 2.19. The maximum atomic E-state index is 12.2. The summed E-state index contributed by atoms with van der Waals surface area (Å²) in [6.45, 7) is 2.63. The van der Waals surface area contributed by atoms with Gasteiger partial charge in [-0.2, -0.15) is 0 Å². The zero-order chi connectivity index (χ0) is 15.0. The van der Waals surface area contributed by atoms with Gasteiger partial charge in [-0.25, -0.2) is 13.1 Å². The molecule has 0 aliphatic rings. The standard InChI is InChI=1S/C14H20N2O3S/c1-3-4-10-16-20(17,18)14-11-12(6-5-9-15)7-8-13(14)19-2/h7-8,11,16H,3-4,9-10,15H2,1-2H3. The highest BCUT2D eigenvalue weighted by Crippen LogP contribution is 2.24. The summed E-state index contributed by atoms with van der Waals surface area (Å²) in [7, 11) is -2.16. The summed E-state index contributed by atoms with van der Waals surface area (Å²) in [5, 5.41) is 0. The van der Waals surface area contributed by atoms with E-state index < -0.39 is 10.0 Å². The molecule has 1 aromatic rings. The van der Waals surface area contributed by atoms with E-state index in [1.807, 2.05) is 6.92 Å². The molecule has 0 aromatic heterocycles. The Morgan fingerprint density at radius 1 is 1.40 bits per heavy atom. The van der Waals surface area contributed by atoms with Crippen molar-refractivity contribution in [1.29, 1.82) is 0 Å². The molecule has 110 valence electrons. The largest absolute Gasteiger partial charge is 0.495 e. The van der Waals surface area contributed by atoms with Gasteiger partial charge in [0, 0.05) is 12.1 Å². The number of unbranched alkanes of at least 4 members (excludes halogenated alkanes) is 1. The van der Waals surface area contributed by atoms with E-state index >= 15 is 0 Å². The number of nitrogens with one attached hydrogen (secondary N) is 1. The molecule has 6 heteroatoms. The maximum Gasteiger partial charge on any atom is 0.244 e. The fourth-order valence-corrected chi connectivity index (χ4v) is 2.85. The van der Waals surface area contributed by atoms with Crippen LogP contribution in [0.25, 0.3) is 0 Å². The van der Waals surface area contributed by atoms with Crippen molar-refractivity contribution >= 4 is 10.0 Å². The van der Waals surface area contributed by atoms with Crippen molar-refractivity contribution in [3.8, 4) is 17.6 Å². The third-order valence-electron chi connectivity index (χ3n) is 2.61. The van der Waals surface area contributed by atoms with E-state index in [-0.39, 0.29) is 11.4 Å². The quantitative estimate of drug-likeness (QED) is 0.608. The molecular weight excluding hydrogens is 276 g/mol. The summed E-state index contributed by atoms with van der Waals surface area (Å²) >= 11 is 0. The Balaban J connectivity index is 3.12. The van der Waals surface area contributed by atoms with Gasteiger partial charge < -0.3 is 10.5 Å². The zero-order valence-electron chi connectivity index (χ0n) is 11.8. The summed E-state index contributed by atoms with van der Waals surface area (Å²) in [4.78, 5) is 0.0972. The van der Waals surface area contributed by atoms with Gasteiger partial charge in [-0.05, 0) is 24.6 Å². The van der Waals surface area contributed by atoms with Crippen LogP contribution in [-0.4, -0.2) is 28.6 Å². The minimum atomic E-state index is -3.60. The molecule has 0 unspecified atom stereocenters. The molecule has 0 radical (unpaired) electrons. The van der Waals surface area contributed by atoms with Crippen molar-refractivity contribution in [1.82, 2.24) is 4.72 Å². The van der Waals surface area contributed by atoms with Gasteiger partial charge in [0.1, 0.15) is 10.6 Å². The fourth-order valence-electron chi connectivity index (χ4n) is 1.58. The van der Waals surface area contributed by atoms with Gasteiger partial charge in [0.15, 0.2) is 0 Å². The summed E-state index contributed by atoms with van der Waals surface area (Å²) in [6.07, 6.45) is 1.70. The lowest BCUT2D eigenvalue weighted by Crippen LogP contribution is -2.25. The Morgan fingerprint density at radius 3 is 2.75 bits per heavy atom. The lowest BCUT2D eigenvalue weighted by Gasteiger charge is -2.11. The van der Waals surface area contributed by atoms with Gasteiger partial charge in [0.05, 0.1) is 13.7 Å². The molecule has 0 amide bonds. The van der Waals surface area contributed by atoms with Crippen LogP contribution in [0.5, 0.6) is 5.75 Å². The number of ether oxygens (including phenoxy) is 1. The maximum absolute atomic E-state index is 12.2. The van der Waals surface area contributed by atoms with Crippen LogP contribution in [0.3, 0.4) is 0 Å². The van der Waals surface area contributed by atoms with Gasteiger partial charge in [-0.1, -0.05) is 25.2 Å². The monoisotopic (exact) mass is 296 g/mol. The minimum absolute atomic E-state index is 0.0972. The van der Waals surface area contributed by atoms with E-state index in [1.54, 1.807) is 12.1 Å². The van der Waals surface area contributed by atoms with Crippen molar-refractivity contribution in [2.45, 2.75) is 24.7 Å². The molecule has 0 bridgehead atoms. The number of benzene rings is 1. The van der Waals surface area contributed by atoms with Crippen molar-refractivity contribution < 1.29 is 13.2 Å². The van der Waals surface area contributed by atoms with Crippen molar-refractivity contribution in [2.75, 3.05) is 20.2 Å². The van der Waals surface area contributed by atoms with E-state index in [0.29, 0.717) is 17.9 Å². The average Bonchev–Trinajstić information content (AvgIpc) is 2.45. The van der Waals surface area contributed by atoms with Crippen LogP contribution in [0.1, 0.15) is 25.3 Å². The second-order valence-electron chi connectivity index (χ2n) is 4.12. The summed E-state index contributed by atoms with van der Waals surface area (Å²) in [5.41, 5.74) is 5.90. The Bertz CT molecular complexity index is 601. The van der Waals surface area contributed by atoms with E-state index in [4.69, 9.17) is 10.5 Å². The second kappa shape index (κ2) is 7.90. The number of hydrogen-bond acceptors (Lipinski definition) is 4. The highest BCUT2D eigenvalue weighted by molar-refractivity contribution is 7.89. The number of rotatable bonds is 6. The van der Waals surface area contributed by atoms with E-state index in [0.717, 1.165) is 12.8 Å². The molecule has 0 saturated carbocycles.